The van der Waals surface area contributed by atoms with Crippen LogP contribution in [-0.4, -0.2) is 46.7 Å². The van der Waals surface area contributed by atoms with Crippen molar-refractivity contribution in [1.29, 1.82) is 0 Å². The molecule has 0 saturated carbocycles. The maximum Gasteiger partial charge on any atom is 0.355 e. The van der Waals surface area contributed by atoms with E-state index in [-0.39, 0.29) is 36.6 Å². The van der Waals surface area contributed by atoms with Crippen molar-refractivity contribution in [3.05, 3.63) is 57.9 Å². The van der Waals surface area contributed by atoms with Crippen LogP contribution in [0.4, 0.5) is 0 Å². The van der Waals surface area contributed by atoms with Crippen LogP contribution in [0.2, 0.25) is 0 Å². The molecule has 6 heteroatoms. The number of hydrogen-bond acceptors (Lipinski definition) is 4. The molecule has 28 heavy (non-hydrogen) atoms. The van der Waals surface area contributed by atoms with E-state index in [1.54, 1.807) is 37.8 Å². The Hall–Kier alpha value is -2.89. The topological polar surface area (TPSA) is 79.5 Å². The van der Waals surface area contributed by atoms with Crippen LogP contribution in [0.15, 0.2) is 24.3 Å². The Balaban J connectivity index is 2.29. The third-order valence-corrected chi connectivity index (χ3v) is 4.69. The number of amides is 1. The monoisotopic (exact) mass is 384 g/mol. The van der Waals surface area contributed by atoms with Gasteiger partial charge < -0.3 is 14.6 Å². The molecule has 0 radical (unpaired) electrons. The van der Waals surface area contributed by atoms with Crippen LogP contribution in [-0.2, 0) is 4.74 Å². The van der Waals surface area contributed by atoms with Gasteiger partial charge in [0.05, 0.1) is 13.2 Å². The van der Waals surface area contributed by atoms with Gasteiger partial charge in [0.1, 0.15) is 5.69 Å². The second kappa shape index (κ2) is 8.87. The van der Waals surface area contributed by atoms with Gasteiger partial charge in [-0.25, -0.2) is 4.79 Å². The zero-order valence-electron chi connectivity index (χ0n) is 17.4. The van der Waals surface area contributed by atoms with Crippen LogP contribution >= 0.6 is 0 Å². The fourth-order valence-electron chi connectivity index (χ4n) is 3.16. The predicted molar refractivity (Wildman–Crippen MR) is 108 cm³/mol. The molecule has 150 valence electrons. The van der Waals surface area contributed by atoms with Crippen LogP contribution < -0.4 is 0 Å². The highest BCUT2D eigenvalue weighted by atomic mass is 16.5. The number of Topliss-reactive ketones (excluding diaryl/α,β-unsaturated/α-hetero) is 1. The molecule has 0 atom stereocenters. The number of aryl methyl sites for hydroxylation is 2. The van der Waals surface area contributed by atoms with Gasteiger partial charge in [0.25, 0.3) is 5.91 Å². The van der Waals surface area contributed by atoms with Gasteiger partial charge in [-0.2, -0.15) is 0 Å². The van der Waals surface area contributed by atoms with Gasteiger partial charge >= 0.3 is 5.97 Å². The first-order valence-electron chi connectivity index (χ1n) is 9.44. The Labute approximate surface area is 165 Å². The molecule has 2 rings (SSSR count). The number of hydrogen-bond donors (Lipinski definition) is 1. The van der Waals surface area contributed by atoms with Crippen molar-refractivity contribution in [1.82, 2.24) is 9.88 Å². The van der Waals surface area contributed by atoms with Gasteiger partial charge in [0.15, 0.2) is 5.78 Å². The fraction of sp³-hybridized carbons (Fsp3) is 0.409. The summed E-state index contributed by atoms with van der Waals surface area (Å²) in [5.74, 6) is -0.894. The number of H-pyrrole nitrogens is 1. The van der Waals surface area contributed by atoms with Crippen LogP contribution in [0.1, 0.15) is 68.8 Å². The Morgan fingerprint density at radius 3 is 2.21 bits per heavy atom. The molecule has 6 nitrogen and oxygen atoms in total. The number of aromatic nitrogens is 1. The van der Waals surface area contributed by atoms with Crippen LogP contribution in [0.3, 0.4) is 0 Å². The first-order valence-corrected chi connectivity index (χ1v) is 9.44. The van der Waals surface area contributed by atoms with Gasteiger partial charge in [-0.15, -0.1) is 0 Å². The number of esters is 1. The summed E-state index contributed by atoms with van der Waals surface area (Å²) in [5.41, 5.74) is 3.47. The van der Waals surface area contributed by atoms with Crippen LogP contribution in [0.25, 0.3) is 0 Å². The lowest BCUT2D eigenvalue weighted by Gasteiger charge is -2.26. The fourth-order valence-corrected chi connectivity index (χ4v) is 3.16. The van der Waals surface area contributed by atoms with E-state index >= 15 is 0 Å². The van der Waals surface area contributed by atoms with E-state index in [0.29, 0.717) is 22.4 Å². The van der Waals surface area contributed by atoms with Crippen molar-refractivity contribution in [2.75, 3.05) is 13.2 Å². The third kappa shape index (κ3) is 4.50. The van der Waals surface area contributed by atoms with E-state index < -0.39 is 5.97 Å². The van der Waals surface area contributed by atoms with Gasteiger partial charge in [0.2, 0.25) is 0 Å². The molecular formula is C22H28N2O4. The summed E-state index contributed by atoms with van der Waals surface area (Å²) >= 11 is 0. The van der Waals surface area contributed by atoms with E-state index in [1.807, 2.05) is 32.9 Å². The van der Waals surface area contributed by atoms with Crippen molar-refractivity contribution in [2.45, 2.75) is 47.6 Å². The van der Waals surface area contributed by atoms with E-state index in [1.165, 1.54) is 0 Å². The van der Waals surface area contributed by atoms with Crippen molar-refractivity contribution in [2.24, 2.45) is 0 Å². The average Bonchev–Trinajstić information content (AvgIpc) is 2.94. The molecule has 0 aliphatic heterocycles. The number of aromatic amines is 1. The summed E-state index contributed by atoms with van der Waals surface area (Å²) < 4.78 is 5.04. The van der Waals surface area contributed by atoms with Crippen molar-refractivity contribution in [3.8, 4) is 0 Å². The number of carbonyl (C=O) groups excluding carboxylic acids is 3. The first-order chi connectivity index (χ1) is 13.2. The molecular weight excluding hydrogens is 356 g/mol. The summed E-state index contributed by atoms with van der Waals surface area (Å²) in [5, 5.41) is 0. The maximum atomic E-state index is 13.0. The second-order valence-electron chi connectivity index (χ2n) is 7.16. The summed E-state index contributed by atoms with van der Waals surface area (Å²) in [7, 11) is 0. The molecule has 0 unspecified atom stereocenters. The molecule has 0 spiro atoms. The third-order valence-electron chi connectivity index (χ3n) is 4.69. The summed E-state index contributed by atoms with van der Waals surface area (Å²) in [6.07, 6.45) is 0. The smallest absolute Gasteiger partial charge is 0.355 e. The standard InChI is InChI=1S/C22H28N2O4/c1-7-28-22(27)20-15(5)19(16(6)23-20)18(25)12-24(13(2)3)21(26)17-10-8-14(4)9-11-17/h8-11,13,23H,7,12H2,1-6H3. The lowest BCUT2D eigenvalue weighted by Crippen LogP contribution is -2.41. The largest absolute Gasteiger partial charge is 0.461 e. The molecule has 0 fully saturated rings. The van der Waals surface area contributed by atoms with Crippen molar-refractivity contribution < 1.29 is 19.1 Å². The van der Waals surface area contributed by atoms with E-state index in [9.17, 15) is 14.4 Å². The number of ether oxygens (including phenoxy) is 1. The number of carbonyl (C=O) groups is 3. The molecule has 1 heterocycles. The Morgan fingerprint density at radius 1 is 1.07 bits per heavy atom. The highest BCUT2D eigenvalue weighted by Gasteiger charge is 2.27. The van der Waals surface area contributed by atoms with Gasteiger partial charge in [-0.1, -0.05) is 17.7 Å². The molecule has 0 saturated heterocycles. The van der Waals surface area contributed by atoms with Gasteiger partial charge in [-0.05, 0) is 59.2 Å². The lowest BCUT2D eigenvalue weighted by atomic mass is 10.0. The summed E-state index contributed by atoms with van der Waals surface area (Å²) in [4.78, 5) is 42.5. The number of nitrogens with one attached hydrogen (secondary N) is 1. The quantitative estimate of drug-likeness (QED) is 0.581. The van der Waals surface area contributed by atoms with E-state index in [2.05, 4.69) is 4.98 Å². The van der Waals surface area contributed by atoms with Crippen LogP contribution in [0.5, 0.6) is 0 Å². The molecule has 1 amide bonds. The minimum Gasteiger partial charge on any atom is -0.461 e. The SMILES string of the molecule is CCOC(=O)c1[nH]c(C)c(C(=O)CN(C(=O)c2ccc(C)cc2)C(C)C)c1C. The Bertz CT molecular complexity index is 879. The average molecular weight is 384 g/mol. The van der Waals surface area contributed by atoms with Gasteiger partial charge in [-0.3, -0.25) is 9.59 Å². The Kier molecular flexibility index (Phi) is 6.78. The molecule has 0 aliphatic rings. The predicted octanol–water partition coefficient (Wildman–Crippen LogP) is 3.85. The Morgan fingerprint density at radius 2 is 1.68 bits per heavy atom. The first kappa shape index (κ1) is 21.4. The summed E-state index contributed by atoms with van der Waals surface area (Å²) in [6.45, 7) is 11.1. The molecule has 2 aromatic rings. The van der Waals surface area contributed by atoms with E-state index in [4.69, 9.17) is 4.74 Å². The highest BCUT2D eigenvalue weighted by Crippen LogP contribution is 2.21. The van der Waals surface area contributed by atoms with Gasteiger partial charge in [0, 0.05) is 22.9 Å². The minimum absolute atomic E-state index is 0.0633. The molecule has 0 aliphatic carbocycles. The zero-order chi connectivity index (χ0) is 21.0. The molecule has 1 aromatic heterocycles. The highest BCUT2D eigenvalue weighted by molar-refractivity contribution is 6.05. The number of nitrogens with zero attached hydrogens (tertiary/aromatic N) is 1. The van der Waals surface area contributed by atoms with E-state index in [0.717, 1.165) is 5.56 Å². The molecule has 0 bridgehead atoms. The zero-order valence-corrected chi connectivity index (χ0v) is 17.4. The van der Waals surface area contributed by atoms with Crippen molar-refractivity contribution in [3.63, 3.8) is 0 Å². The van der Waals surface area contributed by atoms with Crippen LogP contribution in [0, 0.1) is 20.8 Å². The number of benzene rings is 1. The lowest BCUT2D eigenvalue weighted by molar-refractivity contribution is 0.0519. The second-order valence-corrected chi connectivity index (χ2v) is 7.16. The van der Waals surface area contributed by atoms with Crippen molar-refractivity contribution >= 4 is 17.7 Å². The minimum atomic E-state index is -0.487. The molecule has 1 aromatic carbocycles. The number of ketones is 1. The maximum absolute atomic E-state index is 13.0. The normalized spacial score (nSPS) is 10.8. The molecule has 1 N–H and O–H groups in total. The summed E-state index contributed by atoms with van der Waals surface area (Å²) in [6, 6.07) is 7.13. The number of rotatable bonds is 7.